The Labute approximate surface area is 364 Å². The van der Waals surface area contributed by atoms with Gasteiger partial charge in [-0.25, -0.2) is 0 Å². The fourth-order valence-corrected chi connectivity index (χ4v) is 11.3. The van der Waals surface area contributed by atoms with Gasteiger partial charge in [0.25, 0.3) is 0 Å². The second-order valence-corrected chi connectivity index (χ2v) is 21.5. The van der Waals surface area contributed by atoms with Gasteiger partial charge in [0.05, 0.1) is 5.69 Å². The molecule has 0 atom stereocenters. The summed E-state index contributed by atoms with van der Waals surface area (Å²) in [6, 6.07) is 56.1. The van der Waals surface area contributed by atoms with E-state index < -0.39 is 0 Å². The van der Waals surface area contributed by atoms with Gasteiger partial charge in [0.15, 0.2) is 0 Å². The van der Waals surface area contributed by atoms with Gasteiger partial charge in [0.1, 0.15) is 11.2 Å². The Hall–Kier alpha value is -5.86. The predicted molar refractivity (Wildman–Crippen MR) is 262 cm³/mol. The summed E-state index contributed by atoms with van der Waals surface area (Å²) in [5, 5.41) is 2.28. The third-order valence-corrected chi connectivity index (χ3v) is 13.4. The molecule has 0 aliphatic heterocycles. The maximum atomic E-state index is 6.21. The highest BCUT2D eigenvalue weighted by Gasteiger charge is 2.59. The Morgan fingerprint density at radius 2 is 0.934 bits per heavy atom. The van der Waals surface area contributed by atoms with Crippen molar-refractivity contribution in [3.63, 3.8) is 0 Å². The second-order valence-electron chi connectivity index (χ2n) is 21.5. The van der Waals surface area contributed by atoms with Crippen LogP contribution in [0.15, 0.2) is 156 Å². The number of nitrogens with zero attached hydrogens (tertiary/aromatic N) is 1. The van der Waals surface area contributed by atoms with Gasteiger partial charge in [-0.3, -0.25) is 0 Å². The van der Waals surface area contributed by atoms with E-state index in [4.69, 9.17) is 4.42 Å². The van der Waals surface area contributed by atoms with E-state index >= 15 is 0 Å². The van der Waals surface area contributed by atoms with Crippen LogP contribution in [0.1, 0.15) is 105 Å². The molecule has 0 spiro atoms. The van der Waals surface area contributed by atoms with Crippen LogP contribution in [-0.2, 0) is 16.2 Å². The average molecular weight is 800 g/mol. The van der Waals surface area contributed by atoms with Crippen molar-refractivity contribution >= 4 is 39.0 Å². The smallest absolute Gasteiger partial charge is 0.135 e. The lowest BCUT2D eigenvalue weighted by atomic mass is 9.49. The minimum Gasteiger partial charge on any atom is -0.456 e. The van der Waals surface area contributed by atoms with Crippen LogP contribution in [0.3, 0.4) is 0 Å². The second kappa shape index (κ2) is 14.1. The number of hydrogen-bond acceptors (Lipinski definition) is 2. The number of benzene rings is 7. The van der Waals surface area contributed by atoms with E-state index in [-0.39, 0.29) is 27.1 Å². The topological polar surface area (TPSA) is 16.4 Å². The van der Waals surface area contributed by atoms with E-state index in [1.165, 1.54) is 61.3 Å². The van der Waals surface area contributed by atoms with Gasteiger partial charge >= 0.3 is 0 Å². The molecule has 0 saturated carbocycles. The van der Waals surface area contributed by atoms with Crippen LogP contribution in [0.5, 0.6) is 0 Å². The van der Waals surface area contributed by atoms with Crippen molar-refractivity contribution in [1.29, 1.82) is 0 Å². The molecular formula is C59H61NO. The standard InChI is InChI=1S/C59H61NO/c1-55(2,3)49-37-48-52(45-23-16-18-24-47(45)59(48,57(7,8)9)58(10,11)12)54(53(49)56(4,5)6)60(42-31-26-39(27-32-42)38-20-14-13-15-21-38)43-33-28-40(29-34-43)41-30-35-51-46(36-41)44-22-17-19-25-50(44)61-51/h13-37H,1-12H3. The molecule has 1 aromatic heterocycles. The summed E-state index contributed by atoms with van der Waals surface area (Å²) in [6.45, 7) is 29.2. The summed E-state index contributed by atoms with van der Waals surface area (Å²) in [5.74, 6) is 0. The Balaban J connectivity index is 1.36. The molecule has 0 amide bonds. The van der Waals surface area contributed by atoms with Gasteiger partial charge in [-0.15, -0.1) is 0 Å². The van der Waals surface area contributed by atoms with Gasteiger partial charge in [0, 0.05) is 33.1 Å². The molecule has 0 bridgehead atoms. The highest BCUT2D eigenvalue weighted by Crippen LogP contribution is 2.68. The molecule has 1 heterocycles. The molecule has 0 N–H and O–H groups in total. The number of fused-ring (bicyclic) bond motifs is 6. The number of hydrogen-bond donors (Lipinski definition) is 0. The van der Waals surface area contributed by atoms with Crippen molar-refractivity contribution in [2.75, 3.05) is 4.90 Å². The van der Waals surface area contributed by atoms with E-state index in [9.17, 15) is 0 Å². The van der Waals surface area contributed by atoms with Crippen LogP contribution in [0.2, 0.25) is 0 Å². The molecule has 1 aliphatic rings. The summed E-state index contributed by atoms with van der Waals surface area (Å²) in [4.78, 5) is 2.60. The number of furan rings is 1. The first-order valence-corrected chi connectivity index (χ1v) is 22.1. The first kappa shape index (κ1) is 40.5. The van der Waals surface area contributed by atoms with Crippen LogP contribution < -0.4 is 4.90 Å². The molecule has 8 aromatic rings. The lowest BCUT2D eigenvalue weighted by molar-refractivity contribution is 0.0949. The van der Waals surface area contributed by atoms with Crippen LogP contribution in [0.25, 0.3) is 55.3 Å². The molecule has 0 radical (unpaired) electrons. The molecule has 7 aromatic carbocycles. The first-order chi connectivity index (χ1) is 28.8. The van der Waals surface area contributed by atoms with Gasteiger partial charge in [-0.1, -0.05) is 192 Å². The number of para-hydroxylation sites is 1. The Morgan fingerprint density at radius 3 is 1.52 bits per heavy atom. The highest BCUT2D eigenvalue weighted by molar-refractivity contribution is 6.06. The maximum absolute atomic E-state index is 6.21. The number of anilines is 3. The fourth-order valence-electron chi connectivity index (χ4n) is 11.3. The Kier molecular flexibility index (Phi) is 9.37. The SMILES string of the molecule is CC(C)(C)c1cc2c(c(N(c3ccc(-c4ccccc4)cc3)c3ccc(-c4ccc5oc6ccccc6c5c4)cc3)c1C(C)(C)C)-c1ccccc1C2(C(C)(C)C)C(C)(C)C. The number of rotatable bonds is 5. The van der Waals surface area contributed by atoms with Crippen molar-refractivity contribution in [3.05, 3.63) is 174 Å². The molecule has 2 heteroatoms. The predicted octanol–water partition coefficient (Wildman–Crippen LogP) is 17.3. The summed E-state index contributed by atoms with van der Waals surface area (Å²) in [7, 11) is 0. The van der Waals surface area contributed by atoms with Crippen LogP contribution in [0, 0.1) is 10.8 Å². The zero-order chi connectivity index (χ0) is 43.3. The molecule has 2 nitrogen and oxygen atoms in total. The van der Waals surface area contributed by atoms with Gasteiger partial charge in [-0.05, 0) is 114 Å². The van der Waals surface area contributed by atoms with E-state index in [1.807, 2.05) is 12.1 Å². The first-order valence-electron chi connectivity index (χ1n) is 22.1. The van der Waals surface area contributed by atoms with Gasteiger partial charge in [-0.2, -0.15) is 0 Å². The Bertz CT molecular complexity index is 2900. The van der Waals surface area contributed by atoms with Crippen molar-refractivity contribution < 1.29 is 4.42 Å². The molecule has 9 rings (SSSR count). The minimum absolute atomic E-state index is 0.104. The van der Waals surface area contributed by atoms with Crippen LogP contribution >= 0.6 is 0 Å². The molecule has 61 heavy (non-hydrogen) atoms. The zero-order valence-corrected chi connectivity index (χ0v) is 38.3. The molecular weight excluding hydrogens is 739 g/mol. The molecule has 1 aliphatic carbocycles. The maximum Gasteiger partial charge on any atom is 0.135 e. The summed E-state index contributed by atoms with van der Waals surface area (Å²) in [6.07, 6.45) is 0. The monoisotopic (exact) mass is 799 g/mol. The van der Waals surface area contributed by atoms with Crippen molar-refractivity contribution in [1.82, 2.24) is 0 Å². The normalized spacial score (nSPS) is 14.0. The molecule has 308 valence electrons. The van der Waals surface area contributed by atoms with Crippen molar-refractivity contribution in [2.24, 2.45) is 10.8 Å². The quantitative estimate of drug-likeness (QED) is 0.172. The minimum atomic E-state index is -0.278. The van der Waals surface area contributed by atoms with Crippen molar-refractivity contribution in [2.45, 2.75) is 99.3 Å². The van der Waals surface area contributed by atoms with Gasteiger partial charge < -0.3 is 9.32 Å². The van der Waals surface area contributed by atoms with E-state index in [2.05, 4.69) is 228 Å². The Morgan fingerprint density at radius 1 is 0.426 bits per heavy atom. The van der Waals surface area contributed by atoms with Gasteiger partial charge in [0.2, 0.25) is 0 Å². The van der Waals surface area contributed by atoms with E-state index in [0.717, 1.165) is 33.3 Å². The molecule has 0 unspecified atom stereocenters. The summed E-state index contributed by atoms with van der Waals surface area (Å²) in [5.41, 5.74) is 17.7. The van der Waals surface area contributed by atoms with E-state index in [1.54, 1.807) is 0 Å². The van der Waals surface area contributed by atoms with Crippen LogP contribution in [-0.4, -0.2) is 0 Å². The third-order valence-electron chi connectivity index (χ3n) is 13.4. The third kappa shape index (κ3) is 6.44. The molecule has 0 fully saturated rings. The largest absolute Gasteiger partial charge is 0.456 e. The molecule has 0 saturated heterocycles. The summed E-state index contributed by atoms with van der Waals surface area (Å²) < 4.78 is 6.21. The average Bonchev–Trinajstić information content (AvgIpc) is 3.75. The zero-order valence-electron chi connectivity index (χ0n) is 38.3. The van der Waals surface area contributed by atoms with E-state index in [0.29, 0.717) is 0 Å². The lowest BCUT2D eigenvalue weighted by Gasteiger charge is -2.53. The van der Waals surface area contributed by atoms with Crippen molar-refractivity contribution in [3.8, 4) is 33.4 Å². The summed E-state index contributed by atoms with van der Waals surface area (Å²) >= 11 is 0. The van der Waals surface area contributed by atoms with Crippen LogP contribution in [0.4, 0.5) is 17.1 Å². The lowest BCUT2D eigenvalue weighted by Crippen LogP contribution is -2.50. The highest BCUT2D eigenvalue weighted by atomic mass is 16.3. The fraction of sp³-hybridized carbons (Fsp3) is 0.288.